The molecule has 0 bridgehead atoms. The summed E-state index contributed by atoms with van der Waals surface area (Å²) < 4.78 is 2.86. The lowest BCUT2D eigenvalue weighted by Crippen LogP contribution is -1.95. The number of imidazole rings is 1. The first-order chi connectivity index (χ1) is 7.18. The van der Waals surface area contributed by atoms with E-state index in [0.717, 1.165) is 15.7 Å². The first kappa shape index (κ1) is 10.4. The highest BCUT2D eigenvalue weighted by molar-refractivity contribution is 9.10. The first-order valence-corrected chi connectivity index (χ1v) is 5.43. The van der Waals surface area contributed by atoms with Crippen molar-refractivity contribution in [2.75, 3.05) is 0 Å². The van der Waals surface area contributed by atoms with Crippen LogP contribution in [0.2, 0.25) is 0 Å². The minimum Gasteiger partial charge on any atom is -0.389 e. The third-order valence-electron chi connectivity index (χ3n) is 2.24. The summed E-state index contributed by atoms with van der Waals surface area (Å²) in [5.74, 6) is 0. The van der Waals surface area contributed by atoms with E-state index in [1.807, 2.05) is 29.0 Å². The molecule has 15 heavy (non-hydrogen) atoms. The van der Waals surface area contributed by atoms with Crippen LogP contribution >= 0.6 is 15.9 Å². The van der Waals surface area contributed by atoms with E-state index in [1.54, 1.807) is 19.4 Å². The van der Waals surface area contributed by atoms with Gasteiger partial charge in [-0.3, -0.25) is 0 Å². The molecule has 0 saturated carbocycles. The van der Waals surface area contributed by atoms with Crippen molar-refractivity contribution in [3.05, 3.63) is 47.0 Å². The zero-order valence-corrected chi connectivity index (χ0v) is 9.85. The van der Waals surface area contributed by atoms with Gasteiger partial charge in [0.05, 0.1) is 18.1 Å². The fraction of sp³-hybridized carbons (Fsp3) is 0.182. The van der Waals surface area contributed by atoms with Crippen LogP contribution < -0.4 is 0 Å². The fourth-order valence-electron chi connectivity index (χ4n) is 1.39. The maximum Gasteiger partial charge on any atom is 0.0992 e. The fourth-order valence-corrected chi connectivity index (χ4v) is 2.00. The van der Waals surface area contributed by atoms with Gasteiger partial charge in [-0.2, -0.15) is 0 Å². The van der Waals surface area contributed by atoms with Gasteiger partial charge in [0.25, 0.3) is 0 Å². The molecule has 0 spiro atoms. The van der Waals surface area contributed by atoms with Gasteiger partial charge in [0, 0.05) is 16.9 Å². The highest BCUT2D eigenvalue weighted by Gasteiger charge is 2.06. The molecule has 0 radical (unpaired) electrons. The molecule has 2 rings (SSSR count). The third kappa shape index (κ3) is 2.11. The molecule has 4 heteroatoms. The molecular formula is C11H11BrN2O. The smallest absolute Gasteiger partial charge is 0.0992 e. The molecule has 0 fully saturated rings. The number of halogens is 1. The Morgan fingerprint density at radius 1 is 1.47 bits per heavy atom. The van der Waals surface area contributed by atoms with E-state index < -0.39 is 6.10 Å². The van der Waals surface area contributed by atoms with E-state index in [4.69, 9.17) is 0 Å². The van der Waals surface area contributed by atoms with Gasteiger partial charge in [0.15, 0.2) is 0 Å². The Morgan fingerprint density at radius 3 is 2.80 bits per heavy atom. The van der Waals surface area contributed by atoms with Crippen LogP contribution in [0, 0.1) is 0 Å². The summed E-state index contributed by atoms with van der Waals surface area (Å²) in [7, 11) is 0. The minimum atomic E-state index is -0.446. The van der Waals surface area contributed by atoms with Crippen molar-refractivity contribution < 1.29 is 5.11 Å². The van der Waals surface area contributed by atoms with Crippen LogP contribution in [0.15, 0.2) is 41.4 Å². The molecular weight excluding hydrogens is 256 g/mol. The molecule has 0 aliphatic heterocycles. The average Bonchev–Trinajstić information content (AvgIpc) is 2.70. The quantitative estimate of drug-likeness (QED) is 0.908. The van der Waals surface area contributed by atoms with E-state index in [1.165, 1.54) is 0 Å². The monoisotopic (exact) mass is 266 g/mol. The van der Waals surface area contributed by atoms with Crippen molar-refractivity contribution in [2.45, 2.75) is 13.0 Å². The molecule has 1 unspecified atom stereocenters. The summed E-state index contributed by atoms with van der Waals surface area (Å²) in [6.45, 7) is 1.75. The molecule has 0 aliphatic carbocycles. The molecule has 1 N–H and O–H groups in total. The molecule has 3 nitrogen and oxygen atoms in total. The van der Waals surface area contributed by atoms with Gasteiger partial charge in [-0.1, -0.05) is 6.07 Å². The van der Waals surface area contributed by atoms with E-state index in [2.05, 4.69) is 20.9 Å². The van der Waals surface area contributed by atoms with Crippen LogP contribution in [0.4, 0.5) is 0 Å². The molecule has 0 amide bonds. The predicted molar refractivity (Wildman–Crippen MR) is 61.9 cm³/mol. The van der Waals surface area contributed by atoms with Gasteiger partial charge >= 0.3 is 0 Å². The summed E-state index contributed by atoms with van der Waals surface area (Å²) in [5.41, 5.74) is 1.91. The Morgan fingerprint density at radius 2 is 2.27 bits per heavy atom. The highest BCUT2D eigenvalue weighted by atomic mass is 79.9. The highest BCUT2D eigenvalue weighted by Crippen LogP contribution is 2.24. The molecule has 1 aromatic heterocycles. The van der Waals surface area contributed by atoms with Crippen molar-refractivity contribution in [3.8, 4) is 5.69 Å². The van der Waals surface area contributed by atoms with Crippen LogP contribution in [0.5, 0.6) is 0 Å². The van der Waals surface area contributed by atoms with E-state index in [0.29, 0.717) is 0 Å². The third-order valence-corrected chi connectivity index (χ3v) is 2.87. The Labute approximate surface area is 96.5 Å². The zero-order valence-electron chi connectivity index (χ0n) is 8.26. The van der Waals surface area contributed by atoms with Gasteiger partial charge in [-0.25, -0.2) is 4.98 Å². The first-order valence-electron chi connectivity index (χ1n) is 4.64. The summed E-state index contributed by atoms with van der Waals surface area (Å²) >= 11 is 3.48. The number of nitrogens with zero attached hydrogens (tertiary/aromatic N) is 2. The minimum absolute atomic E-state index is 0.446. The van der Waals surface area contributed by atoms with E-state index in [9.17, 15) is 5.11 Å². The van der Waals surface area contributed by atoms with Gasteiger partial charge in [-0.15, -0.1) is 0 Å². The number of hydrogen-bond donors (Lipinski definition) is 1. The molecule has 1 aromatic carbocycles. The van der Waals surface area contributed by atoms with Crippen LogP contribution in [-0.2, 0) is 0 Å². The predicted octanol–water partition coefficient (Wildman–Crippen LogP) is 2.69. The molecule has 0 aliphatic rings. The lowest BCUT2D eigenvalue weighted by Gasteiger charge is -2.09. The van der Waals surface area contributed by atoms with Gasteiger partial charge in [0.1, 0.15) is 0 Å². The number of hydrogen-bond acceptors (Lipinski definition) is 2. The topological polar surface area (TPSA) is 38.0 Å². The molecule has 1 atom stereocenters. The summed E-state index contributed by atoms with van der Waals surface area (Å²) in [5, 5.41) is 9.43. The van der Waals surface area contributed by atoms with Crippen molar-refractivity contribution in [3.63, 3.8) is 0 Å². The average molecular weight is 267 g/mol. The lowest BCUT2D eigenvalue weighted by atomic mass is 10.1. The standard InChI is InChI=1S/C11H11BrN2O/c1-8(15)9-2-3-11(10(12)6-9)14-5-4-13-7-14/h2-8,15H,1H3. The van der Waals surface area contributed by atoms with Crippen molar-refractivity contribution in [1.29, 1.82) is 0 Å². The SMILES string of the molecule is CC(O)c1ccc(-n2ccnc2)c(Br)c1. The van der Waals surface area contributed by atoms with Gasteiger partial charge in [0.2, 0.25) is 0 Å². The molecule has 2 aromatic rings. The maximum absolute atomic E-state index is 9.43. The lowest BCUT2D eigenvalue weighted by molar-refractivity contribution is 0.199. The number of aliphatic hydroxyl groups is 1. The van der Waals surface area contributed by atoms with Gasteiger partial charge < -0.3 is 9.67 Å². The Kier molecular flexibility index (Phi) is 2.88. The Balaban J connectivity index is 2.44. The second kappa shape index (κ2) is 4.16. The maximum atomic E-state index is 9.43. The van der Waals surface area contributed by atoms with Crippen molar-refractivity contribution >= 4 is 15.9 Å². The number of aliphatic hydroxyl groups excluding tert-OH is 1. The molecule has 1 heterocycles. The second-order valence-electron chi connectivity index (χ2n) is 3.36. The normalized spacial score (nSPS) is 12.7. The van der Waals surface area contributed by atoms with Crippen LogP contribution in [0.1, 0.15) is 18.6 Å². The summed E-state index contributed by atoms with van der Waals surface area (Å²) in [6, 6.07) is 5.78. The number of benzene rings is 1. The van der Waals surface area contributed by atoms with Gasteiger partial charge in [-0.05, 0) is 40.5 Å². The summed E-state index contributed by atoms with van der Waals surface area (Å²) in [4.78, 5) is 3.99. The van der Waals surface area contributed by atoms with Crippen LogP contribution in [-0.4, -0.2) is 14.7 Å². The van der Waals surface area contributed by atoms with E-state index in [-0.39, 0.29) is 0 Å². The van der Waals surface area contributed by atoms with Crippen molar-refractivity contribution in [2.24, 2.45) is 0 Å². The van der Waals surface area contributed by atoms with Crippen molar-refractivity contribution in [1.82, 2.24) is 9.55 Å². The van der Waals surface area contributed by atoms with Crippen LogP contribution in [0.3, 0.4) is 0 Å². The van der Waals surface area contributed by atoms with E-state index >= 15 is 0 Å². The largest absolute Gasteiger partial charge is 0.389 e. The molecule has 78 valence electrons. The Bertz CT molecular complexity index is 452. The number of aromatic nitrogens is 2. The number of rotatable bonds is 2. The zero-order chi connectivity index (χ0) is 10.8. The Hall–Kier alpha value is -1.13. The molecule has 0 saturated heterocycles. The second-order valence-corrected chi connectivity index (χ2v) is 4.21. The summed E-state index contributed by atoms with van der Waals surface area (Å²) in [6.07, 6.45) is 4.90. The van der Waals surface area contributed by atoms with Crippen LogP contribution in [0.25, 0.3) is 5.69 Å².